The molecule has 1 saturated heterocycles. The van der Waals surface area contributed by atoms with Gasteiger partial charge in [0.05, 0.1) is 15.7 Å². The van der Waals surface area contributed by atoms with Gasteiger partial charge in [0.15, 0.2) is 0 Å². The van der Waals surface area contributed by atoms with E-state index in [0.717, 1.165) is 11.3 Å². The molecule has 1 aliphatic rings. The monoisotopic (exact) mass is 490 g/mol. The third-order valence-corrected chi connectivity index (χ3v) is 6.14. The van der Waals surface area contributed by atoms with Gasteiger partial charge in [0.1, 0.15) is 11.8 Å². The van der Waals surface area contributed by atoms with Crippen molar-refractivity contribution in [1.29, 1.82) is 0 Å². The highest BCUT2D eigenvalue weighted by molar-refractivity contribution is 6.42. The van der Waals surface area contributed by atoms with Crippen LogP contribution in [0.4, 0.5) is 10.5 Å². The number of ether oxygens (including phenoxy) is 1. The van der Waals surface area contributed by atoms with E-state index in [2.05, 4.69) is 20.8 Å². The Balaban J connectivity index is 1.71. The number of imide groups is 1. The van der Waals surface area contributed by atoms with Gasteiger partial charge < -0.3 is 9.64 Å². The van der Waals surface area contributed by atoms with Crippen molar-refractivity contribution in [3.63, 3.8) is 0 Å². The minimum absolute atomic E-state index is 0.143. The van der Waals surface area contributed by atoms with Gasteiger partial charge in [-0.2, -0.15) is 0 Å². The molecule has 0 spiro atoms. The van der Waals surface area contributed by atoms with E-state index in [-0.39, 0.29) is 22.3 Å². The Morgan fingerprint density at radius 1 is 1.06 bits per heavy atom. The third-order valence-electron chi connectivity index (χ3n) is 5.40. The minimum atomic E-state index is -0.802. The normalized spacial score (nSPS) is 17.5. The number of halogens is 2. The number of nitrogens with zero attached hydrogens (tertiary/aromatic N) is 2. The van der Waals surface area contributed by atoms with Gasteiger partial charge >= 0.3 is 12.0 Å². The summed E-state index contributed by atoms with van der Waals surface area (Å²) in [6.07, 6.45) is 1.25. The Labute approximate surface area is 204 Å². The van der Waals surface area contributed by atoms with Crippen molar-refractivity contribution in [3.05, 3.63) is 58.1 Å². The van der Waals surface area contributed by atoms with Crippen LogP contribution < -0.4 is 9.64 Å². The van der Waals surface area contributed by atoms with Gasteiger partial charge in [-0.1, -0.05) is 63.0 Å². The van der Waals surface area contributed by atoms with Crippen LogP contribution in [0.1, 0.15) is 52.1 Å². The highest BCUT2D eigenvalue weighted by atomic mass is 35.5. The van der Waals surface area contributed by atoms with E-state index in [1.54, 1.807) is 43.4 Å². The molecule has 33 heavy (non-hydrogen) atoms. The molecule has 2 atom stereocenters. The first-order valence-electron chi connectivity index (χ1n) is 10.7. The van der Waals surface area contributed by atoms with Gasteiger partial charge in [-0.25, -0.2) is 9.69 Å². The van der Waals surface area contributed by atoms with Gasteiger partial charge in [0, 0.05) is 13.5 Å². The zero-order valence-corrected chi connectivity index (χ0v) is 20.9. The fourth-order valence-corrected chi connectivity index (χ4v) is 4.46. The predicted molar refractivity (Wildman–Crippen MR) is 130 cm³/mol. The SMILES string of the molecule is CC(CC(=O)Oc1ccc(C2C(=O)N(c3ccc(Cl)c(Cl)c3)C(=O)N2C)cc1)CC(C)(C)C. The first kappa shape index (κ1) is 25.1. The maximum Gasteiger partial charge on any atom is 0.332 e. The molecule has 3 rings (SSSR count). The highest BCUT2D eigenvalue weighted by Crippen LogP contribution is 2.36. The molecule has 8 heteroatoms. The second kappa shape index (κ2) is 9.74. The number of benzene rings is 2. The summed E-state index contributed by atoms with van der Waals surface area (Å²) in [4.78, 5) is 40.7. The molecule has 176 valence electrons. The van der Waals surface area contributed by atoms with Crippen LogP contribution in [0.5, 0.6) is 5.75 Å². The number of carbonyl (C=O) groups is 3. The number of hydrogen-bond donors (Lipinski definition) is 0. The second-order valence-electron chi connectivity index (χ2n) is 9.69. The molecule has 0 bridgehead atoms. The zero-order chi connectivity index (χ0) is 24.5. The molecular formula is C25H28Cl2N2O4. The summed E-state index contributed by atoms with van der Waals surface area (Å²) >= 11 is 12.0. The summed E-state index contributed by atoms with van der Waals surface area (Å²) in [5.41, 5.74) is 1.10. The van der Waals surface area contributed by atoms with Crippen LogP contribution in [0.3, 0.4) is 0 Å². The van der Waals surface area contributed by atoms with Gasteiger partial charge in [-0.05, 0) is 53.6 Å². The van der Waals surface area contributed by atoms with Crippen LogP contribution in [-0.4, -0.2) is 29.9 Å². The molecule has 1 fully saturated rings. The van der Waals surface area contributed by atoms with E-state index >= 15 is 0 Å². The second-order valence-corrected chi connectivity index (χ2v) is 10.5. The fourth-order valence-electron chi connectivity index (χ4n) is 4.17. The smallest absolute Gasteiger partial charge is 0.332 e. The summed E-state index contributed by atoms with van der Waals surface area (Å²) in [6, 6.07) is 9.97. The lowest BCUT2D eigenvalue weighted by atomic mass is 9.84. The van der Waals surface area contributed by atoms with Crippen LogP contribution in [-0.2, 0) is 9.59 Å². The molecule has 2 aromatic carbocycles. The van der Waals surface area contributed by atoms with Crippen LogP contribution >= 0.6 is 23.2 Å². The van der Waals surface area contributed by atoms with E-state index in [1.165, 1.54) is 11.0 Å². The maximum atomic E-state index is 13.1. The molecule has 0 saturated carbocycles. The number of amides is 3. The lowest BCUT2D eigenvalue weighted by Gasteiger charge is -2.22. The average Bonchev–Trinajstić information content (AvgIpc) is 2.92. The van der Waals surface area contributed by atoms with Crippen LogP contribution in [0.15, 0.2) is 42.5 Å². The van der Waals surface area contributed by atoms with Gasteiger partial charge in [-0.15, -0.1) is 0 Å². The fraction of sp³-hybridized carbons (Fsp3) is 0.400. The molecule has 3 amide bonds. The van der Waals surface area contributed by atoms with Crippen molar-refractivity contribution in [2.24, 2.45) is 11.3 Å². The molecule has 1 aliphatic heterocycles. The lowest BCUT2D eigenvalue weighted by molar-refractivity contribution is -0.135. The number of urea groups is 1. The first-order chi connectivity index (χ1) is 15.4. The number of anilines is 1. The van der Waals surface area contributed by atoms with E-state index in [0.29, 0.717) is 28.4 Å². The maximum absolute atomic E-state index is 13.1. The van der Waals surface area contributed by atoms with E-state index in [1.807, 2.05) is 6.92 Å². The Kier molecular flexibility index (Phi) is 7.39. The van der Waals surface area contributed by atoms with Crippen LogP contribution in [0.2, 0.25) is 10.0 Å². The summed E-state index contributed by atoms with van der Waals surface area (Å²) in [5, 5.41) is 0.589. The predicted octanol–water partition coefficient (Wildman–Crippen LogP) is 6.50. The summed E-state index contributed by atoms with van der Waals surface area (Å²) in [6.45, 7) is 8.46. The van der Waals surface area contributed by atoms with E-state index < -0.39 is 18.0 Å². The van der Waals surface area contributed by atoms with Crippen LogP contribution in [0, 0.1) is 11.3 Å². The number of likely N-dealkylation sites (N-methyl/N-ethyl adjacent to an activating group) is 1. The summed E-state index contributed by atoms with van der Waals surface area (Å²) in [7, 11) is 1.56. The summed E-state index contributed by atoms with van der Waals surface area (Å²) < 4.78 is 5.46. The Morgan fingerprint density at radius 2 is 1.70 bits per heavy atom. The van der Waals surface area contributed by atoms with Gasteiger partial charge in [0.2, 0.25) is 0 Å². The third kappa shape index (κ3) is 5.87. The molecule has 0 aliphatic carbocycles. The average molecular weight is 491 g/mol. The van der Waals surface area contributed by atoms with Crippen molar-refractivity contribution < 1.29 is 19.1 Å². The molecule has 2 aromatic rings. The molecule has 0 aromatic heterocycles. The molecule has 2 unspecified atom stereocenters. The highest BCUT2D eigenvalue weighted by Gasteiger charge is 2.44. The molecule has 0 radical (unpaired) electrons. The number of hydrogen-bond acceptors (Lipinski definition) is 4. The number of esters is 1. The lowest BCUT2D eigenvalue weighted by Crippen LogP contribution is -2.31. The molecular weight excluding hydrogens is 463 g/mol. The number of rotatable bonds is 6. The zero-order valence-electron chi connectivity index (χ0n) is 19.4. The van der Waals surface area contributed by atoms with E-state index in [4.69, 9.17) is 27.9 Å². The molecule has 1 heterocycles. The standard InChI is InChI=1S/C25H28Cl2N2O4/c1-15(14-25(2,3)4)12-21(30)33-18-9-6-16(7-10-18)22-23(31)29(24(32)28(22)5)17-8-11-19(26)20(27)13-17/h6-11,13,15,22H,12,14H2,1-5H3. The summed E-state index contributed by atoms with van der Waals surface area (Å²) in [5.74, 6) is -0.0939. The van der Waals surface area contributed by atoms with Crippen molar-refractivity contribution in [2.75, 3.05) is 11.9 Å². The van der Waals surface area contributed by atoms with Crippen LogP contribution in [0.25, 0.3) is 0 Å². The molecule has 0 N–H and O–H groups in total. The molecule has 6 nitrogen and oxygen atoms in total. The minimum Gasteiger partial charge on any atom is -0.427 e. The Morgan fingerprint density at radius 3 is 2.27 bits per heavy atom. The van der Waals surface area contributed by atoms with Crippen molar-refractivity contribution in [1.82, 2.24) is 4.90 Å². The van der Waals surface area contributed by atoms with Gasteiger partial charge in [0.25, 0.3) is 5.91 Å². The first-order valence-corrected chi connectivity index (χ1v) is 11.5. The topological polar surface area (TPSA) is 66.9 Å². The van der Waals surface area contributed by atoms with E-state index in [9.17, 15) is 14.4 Å². The van der Waals surface area contributed by atoms with Crippen molar-refractivity contribution >= 4 is 46.8 Å². The number of carbonyl (C=O) groups excluding carboxylic acids is 3. The Hall–Kier alpha value is -2.57. The van der Waals surface area contributed by atoms with Crippen molar-refractivity contribution in [3.8, 4) is 5.75 Å². The van der Waals surface area contributed by atoms with Crippen molar-refractivity contribution in [2.45, 2.75) is 46.6 Å². The van der Waals surface area contributed by atoms with Gasteiger partial charge in [-0.3, -0.25) is 9.59 Å². The quantitative estimate of drug-likeness (QED) is 0.263. The largest absolute Gasteiger partial charge is 0.427 e. The Bertz CT molecular complexity index is 1060.